The molecule has 1 aromatic rings. The van der Waals surface area contributed by atoms with E-state index >= 15 is 0 Å². The molecular formula is C18H32IN3O3. The minimum absolute atomic E-state index is 0. The first-order chi connectivity index (χ1) is 11.5. The molecule has 6 nitrogen and oxygen atoms in total. The largest absolute Gasteiger partial charge is 0.493 e. The second-order valence-corrected chi connectivity index (χ2v) is 5.84. The molecule has 0 bridgehead atoms. The molecule has 0 heterocycles. The molecule has 0 spiro atoms. The Morgan fingerprint density at radius 2 is 1.88 bits per heavy atom. The Morgan fingerprint density at radius 3 is 2.44 bits per heavy atom. The van der Waals surface area contributed by atoms with Gasteiger partial charge < -0.3 is 25.3 Å². The summed E-state index contributed by atoms with van der Waals surface area (Å²) >= 11 is 0. The monoisotopic (exact) mass is 465 g/mol. The fraction of sp³-hybridized carbons (Fsp3) is 0.611. The molecule has 144 valence electrons. The average molecular weight is 465 g/mol. The van der Waals surface area contributed by atoms with Crippen molar-refractivity contribution in [3.05, 3.63) is 23.8 Å². The summed E-state index contributed by atoms with van der Waals surface area (Å²) in [7, 11) is 3.23. The summed E-state index contributed by atoms with van der Waals surface area (Å²) in [5.74, 6) is 2.31. The van der Waals surface area contributed by atoms with Crippen LogP contribution in [0.15, 0.2) is 23.2 Å². The summed E-state index contributed by atoms with van der Waals surface area (Å²) in [5.41, 5.74) is 6.93. The second-order valence-electron chi connectivity index (χ2n) is 5.84. The number of rotatable bonds is 10. The van der Waals surface area contributed by atoms with Gasteiger partial charge >= 0.3 is 0 Å². The van der Waals surface area contributed by atoms with Crippen molar-refractivity contribution < 1.29 is 14.2 Å². The van der Waals surface area contributed by atoms with Crippen molar-refractivity contribution in [2.45, 2.75) is 39.8 Å². The number of benzene rings is 1. The van der Waals surface area contributed by atoms with Gasteiger partial charge in [0.05, 0.1) is 26.9 Å². The fourth-order valence-electron chi connectivity index (χ4n) is 2.38. The zero-order valence-electron chi connectivity index (χ0n) is 15.9. The van der Waals surface area contributed by atoms with Gasteiger partial charge in [0.2, 0.25) is 0 Å². The van der Waals surface area contributed by atoms with Crippen molar-refractivity contribution >= 4 is 29.9 Å². The van der Waals surface area contributed by atoms with E-state index in [1.807, 2.05) is 25.1 Å². The molecule has 0 aliphatic rings. The molecule has 0 saturated carbocycles. The van der Waals surface area contributed by atoms with E-state index < -0.39 is 0 Å². The standard InChI is InChI=1S/C18H31N3O3.HI/c1-6-24-15(13(2)3)9-10-20-18(19)21-12-14-7-8-16(22-4)17(11-14)23-5;/h7-8,11,13,15H,6,9-10,12H2,1-5H3,(H3,19,20,21);1H. The van der Waals surface area contributed by atoms with Crippen molar-refractivity contribution in [1.82, 2.24) is 5.32 Å². The number of aliphatic imine (C=N–C) groups is 1. The molecule has 0 aliphatic heterocycles. The fourth-order valence-corrected chi connectivity index (χ4v) is 2.38. The number of methoxy groups -OCH3 is 2. The van der Waals surface area contributed by atoms with Gasteiger partial charge in [-0.05, 0) is 37.0 Å². The zero-order chi connectivity index (χ0) is 17.9. The molecule has 0 aliphatic carbocycles. The van der Waals surface area contributed by atoms with Crippen LogP contribution < -0.4 is 20.5 Å². The third kappa shape index (κ3) is 8.62. The predicted molar refractivity (Wildman–Crippen MR) is 113 cm³/mol. The molecule has 7 heteroatoms. The molecule has 0 radical (unpaired) electrons. The Morgan fingerprint density at radius 1 is 1.20 bits per heavy atom. The Hall–Kier alpha value is -1.22. The van der Waals surface area contributed by atoms with E-state index in [4.69, 9.17) is 19.9 Å². The second kappa shape index (κ2) is 13.0. The van der Waals surface area contributed by atoms with Crippen LogP contribution in [0, 0.1) is 5.92 Å². The van der Waals surface area contributed by atoms with Crippen LogP contribution in [-0.4, -0.2) is 39.4 Å². The van der Waals surface area contributed by atoms with Gasteiger partial charge in [0, 0.05) is 13.2 Å². The minimum atomic E-state index is 0. The van der Waals surface area contributed by atoms with Crippen molar-refractivity contribution in [3.63, 3.8) is 0 Å². The number of nitrogens with one attached hydrogen (secondary N) is 1. The summed E-state index contributed by atoms with van der Waals surface area (Å²) < 4.78 is 16.2. The third-order valence-corrected chi connectivity index (χ3v) is 3.74. The maximum atomic E-state index is 5.93. The van der Waals surface area contributed by atoms with Crippen molar-refractivity contribution in [2.24, 2.45) is 16.6 Å². The van der Waals surface area contributed by atoms with Crippen LogP contribution in [0.4, 0.5) is 0 Å². The number of nitrogens with two attached hydrogens (primary N) is 1. The van der Waals surface area contributed by atoms with E-state index in [0.29, 0.717) is 29.9 Å². The first-order valence-corrected chi connectivity index (χ1v) is 8.38. The first kappa shape index (κ1) is 23.8. The molecular weight excluding hydrogens is 433 g/mol. The van der Waals surface area contributed by atoms with Crippen LogP contribution in [-0.2, 0) is 11.3 Å². The number of hydrogen-bond donors (Lipinski definition) is 2. The summed E-state index contributed by atoms with van der Waals surface area (Å²) in [6, 6.07) is 5.71. The lowest BCUT2D eigenvalue weighted by Crippen LogP contribution is -2.35. The van der Waals surface area contributed by atoms with Gasteiger partial charge in [-0.25, -0.2) is 4.99 Å². The first-order valence-electron chi connectivity index (χ1n) is 8.38. The lowest BCUT2D eigenvalue weighted by Gasteiger charge is -2.21. The summed E-state index contributed by atoms with van der Waals surface area (Å²) in [6.07, 6.45) is 1.14. The number of hydrogen-bond acceptors (Lipinski definition) is 4. The molecule has 1 aromatic carbocycles. The Bertz CT molecular complexity index is 524. The molecule has 1 atom stereocenters. The van der Waals surface area contributed by atoms with Gasteiger partial charge in [0.1, 0.15) is 0 Å². The van der Waals surface area contributed by atoms with Gasteiger partial charge in [0.25, 0.3) is 0 Å². The highest BCUT2D eigenvalue weighted by atomic mass is 127. The van der Waals surface area contributed by atoms with Crippen molar-refractivity contribution in [2.75, 3.05) is 27.4 Å². The van der Waals surface area contributed by atoms with Gasteiger partial charge in [-0.1, -0.05) is 19.9 Å². The third-order valence-electron chi connectivity index (χ3n) is 3.74. The zero-order valence-corrected chi connectivity index (χ0v) is 18.2. The number of nitrogens with zero attached hydrogens (tertiary/aromatic N) is 1. The Balaban J connectivity index is 0.00000576. The van der Waals surface area contributed by atoms with E-state index in [0.717, 1.165) is 25.1 Å². The highest BCUT2D eigenvalue weighted by Gasteiger charge is 2.12. The highest BCUT2D eigenvalue weighted by molar-refractivity contribution is 14.0. The summed E-state index contributed by atoms with van der Waals surface area (Å²) in [4.78, 5) is 4.36. The Kier molecular flexibility index (Phi) is 12.4. The van der Waals surface area contributed by atoms with Crippen molar-refractivity contribution in [1.29, 1.82) is 0 Å². The molecule has 1 rings (SSSR count). The Labute approximate surface area is 168 Å². The van der Waals surface area contributed by atoms with E-state index in [-0.39, 0.29) is 30.1 Å². The molecule has 0 aromatic heterocycles. The topological polar surface area (TPSA) is 78.1 Å². The van der Waals surface area contributed by atoms with Gasteiger partial charge in [-0.15, -0.1) is 24.0 Å². The van der Waals surface area contributed by atoms with Crippen molar-refractivity contribution in [3.8, 4) is 11.5 Å². The van der Waals surface area contributed by atoms with E-state index in [1.54, 1.807) is 14.2 Å². The molecule has 3 N–H and O–H groups in total. The maximum Gasteiger partial charge on any atom is 0.188 e. The highest BCUT2D eigenvalue weighted by Crippen LogP contribution is 2.27. The van der Waals surface area contributed by atoms with Crippen LogP contribution >= 0.6 is 24.0 Å². The maximum absolute atomic E-state index is 5.93. The summed E-state index contributed by atoms with van der Waals surface area (Å²) in [6.45, 7) is 8.29. The lowest BCUT2D eigenvalue weighted by atomic mass is 10.0. The number of guanidine groups is 1. The molecule has 0 saturated heterocycles. The molecule has 0 fully saturated rings. The predicted octanol–water partition coefficient (Wildman–Crippen LogP) is 3.18. The van der Waals surface area contributed by atoms with Crippen LogP contribution in [0.2, 0.25) is 0 Å². The minimum Gasteiger partial charge on any atom is -0.493 e. The van der Waals surface area contributed by atoms with Gasteiger partial charge in [0.15, 0.2) is 17.5 Å². The number of halogens is 1. The molecule has 0 amide bonds. The van der Waals surface area contributed by atoms with Gasteiger partial charge in [-0.2, -0.15) is 0 Å². The van der Waals surface area contributed by atoms with Crippen LogP contribution in [0.25, 0.3) is 0 Å². The van der Waals surface area contributed by atoms with Crippen LogP contribution in [0.1, 0.15) is 32.8 Å². The average Bonchev–Trinajstić information content (AvgIpc) is 2.58. The SMILES string of the molecule is CCOC(CCNC(N)=NCc1ccc(OC)c(OC)c1)C(C)C.I. The number of ether oxygens (including phenoxy) is 3. The molecule has 1 unspecified atom stereocenters. The quantitative estimate of drug-likeness (QED) is 0.315. The molecule has 25 heavy (non-hydrogen) atoms. The van der Waals surface area contributed by atoms with Crippen LogP contribution in [0.5, 0.6) is 11.5 Å². The lowest BCUT2D eigenvalue weighted by molar-refractivity contribution is 0.0258. The van der Waals surface area contributed by atoms with E-state index in [9.17, 15) is 0 Å². The smallest absolute Gasteiger partial charge is 0.188 e. The normalized spacial score (nSPS) is 12.5. The van der Waals surface area contributed by atoms with E-state index in [2.05, 4.69) is 24.2 Å². The van der Waals surface area contributed by atoms with E-state index in [1.165, 1.54) is 0 Å². The summed E-state index contributed by atoms with van der Waals surface area (Å²) in [5, 5.41) is 3.14. The van der Waals surface area contributed by atoms with Crippen LogP contribution in [0.3, 0.4) is 0 Å². The van der Waals surface area contributed by atoms with Gasteiger partial charge in [-0.3, -0.25) is 0 Å².